The van der Waals surface area contributed by atoms with Gasteiger partial charge in [0.05, 0.1) is 12.2 Å². The van der Waals surface area contributed by atoms with Gasteiger partial charge in [0.15, 0.2) is 0 Å². The number of rotatable bonds is 4. The number of amides is 2. The van der Waals surface area contributed by atoms with Gasteiger partial charge in [-0.15, -0.1) is 11.3 Å². The smallest absolute Gasteiger partial charge is 0.409 e. The number of piperazine rings is 1. The van der Waals surface area contributed by atoms with Crippen LogP contribution in [0.3, 0.4) is 0 Å². The highest BCUT2D eigenvalue weighted by Crippen LogP contribution is 2.26. The number of benzene rings is 1. The molecule has 0 aliphatic carbocycles. The Labute approximate surface area is 161 Å². The third kappa shape index (κ3) is 4.74. The average molecular weight is 388 g/mol. The fourth-order valence-corrected chi connectivity index (χ4v) is 3.61. The van der Waals surface area contributed by atoms with E-state index in [4.69, 9.17) is 4.74 Å². The van der Waals surface area contributed by atoms with Crippen LogP contribution < -0.4 is 0 Å². The van der Waals surface area contributed by atoms with E-state index in [0.29, 0.717) is 38.4 Å². The molecule has 3 rings (SSSR count). The molecule has 1 aliphatic heterocycles. The number of hydrogen-bond acceptors (Lipinski definition) is 4. The number of nitrogens with zero attached hydrogens (tertiary/aromatic N) is 2. The van der Waals surface area contributed by atoms with Crippen molar-refractivity contribution < 1.29 is 18.7 Å². The van der Waals surface area contributed by atoms with E-state index < -0.39 is 0 Å². The number of carbonyl (C=O) groups is 2. The van der Waals surface area contributed by atoms with Crippen molar-refractivity contribution in [3.8, 4) is 0 Å². The molecule has 142 valence electrons. The summed E-state index contributed by atoms with van der Waals surface area (Å²) in [6, 6.07) is 9.84. The maximum atomic E-state index is 13.2. The minimum atomic E-state index is -0.343. The van der Waals surface area contributed by atoms with Gasteiger partial charge in [-0.2, -0.15) is 0 Å². The van der Waals surface area contributed by atoms with Crippen molar-refractivity contribution in [3.63, 3.8) is 0 Å². The van der Waals surface area contributed by atoms with Crippen LogP contribution in [0, 0.1) is 5.82 Å². The second-order valence-electron chi connectivity index (χ2n) is 6.07. The Morgan fingerprint density at radius 1 is 1.11 bits per heavy atom. The molecule has 0 atom stereocenters. The van der Waals surface area contributed by atoms with E-state index in [0.717, 1.165) is 10.4 Å². The molecule has 1 aromatic carbocycles. The molecule has 5 nitrogen and oxygen atoms in total. The van der Waals surface area contributed by atoms with Gasteiger partial charge in [-0.3, -0.25) is 4.79 Å². The maximum absolute atomic E-state index is 13.2. The number of hydrogen-bond donors (Lipinski definition) is 0. The standard InChI is InChI=1S/C20H21FN2O3S/c1-2-26-20(25)23-11-9-22(10-12-23)19(24)17(18-4-3-13-27-18)14-15-5-7-16(21)8-6-15/h3-8,13-14H,2,9-12H2,1H3/b17-14-. The molecule has 2 heterocycles. The van der Waals surface area contributed by atoms with Crippen LogP contribution in [0.2, 0.25) is 0 Å². The lowest BCUT2D eigenvalue weighted by Gasteiger charge is -2.34. The Kier molecular flexibility index (Phi) is 6.24. The number of carbonyl (C=O) groups excluding carboxylic acids is 2. The first-order valence-electron chi connectivity index (χ1n) is 8.80. The predicted octanol–water partition coefficient (Wildman–Crippen LogP) is 3.73. The van der Waals surface area contributed by atoms with Crippen LogP contribution in [0.25, 0.3) is 11.6 Å². The van der Waals surface area contributed by atoms with E-state index in [1.807, 2.05) is 17.5 Å². The van der Waals surface area contributed by atoms with Gasteiger partial charge in [0.1, 0.15) is 5.82 Å². The SMILES string of the molecule is CCOC(=O)N1CCN(C(=O)/C(=C\c2ccc(F)cc2)c2cccs2)CC1. The molecule has 2 amide bonds. The Morgan fingerprint density at radius 3 is 2.37 bits per heavy atom. The van der Waals surface area contributed by atoms with Crippen LogP contribution in [0.1, 0.15) is 17.4 Å². The lowest BCUT2D eigenvalue weighted by Crippen LogP contribution is -2.50. The summed E-state index contributed by atoms with van der Waals surface area (Å²) < 4.78 is 18.2. The highest BCUT2D eigenvalue weighted by molar-refractivity contribution is 7.11. The highest BCUT2D eigenvalue weighted by Gasteiger charge is 2.27. The van der Waals surface area contributed by atoms with E-state index in [1.165, 1.54) is 23.5 Å². The number of thiophene rings is 1. The van der Waals surface area contributed by atoms with Crippen LogP contribution in [0.4, 0.5) is 9.18 Å². The van der Waals surface area contributed by atoms with Crippen molar-refractivity contribution in [3.05, 3.63) is 58.0 Å². The largest absolute Gasteiger partial charge is 0.450 e. The molecule has 1 fully saturated rings. The average Bonchev–Trinajstić information content (AvgIpc) is 3.22. The molecule has 7 heteroatoms. The van der Waals surface area contributed by atoms with E-state index in [-0.39, 0.29) is 17.8 Å². The van der Waals surface area contributed by atoms with Crippen LogP contribution >= 0.6 is 11.3 Å². The lowest BCUT2D eigenvalue weighted by molar-refractivity contribution is -0.126. The minimum absolute atomic E-state index is 0.0923. The van der Waals surface area contributed by atoms with Gasteiger partial charge in [-0.25, -0.2) is 9.18 Å². The summed E-state index contributed by atoms with van der Waals surface area (Å²) in [6.07, 6.45) is 1.44. The molecule has 1 aliphatic rings. The minimum Gasteiger partial charge on any atom is -0.450 e. The van der Waals surface area contributed by atoms with Gasteiger partial charge < -0.3 is 14.5 Å². The van der Waals surface area contributed by atoms with Gasteiger partial charge in [0, 0.05) is 31.1 Å². The normalized spacial score (nSPS) is 15.0. The molecule has 1 aromatic heterocycles. The summed E-state index contributed by atoms with van der Waals surface area (Å²) in [6.45, 7) is 3.89. The molecule has 0 saturated carbocycles. The van der Waals surface area contributed by atoms with Crippen molar-refractivity contribution >= 4 is 35.0 Å². The second kappa shape index (κ2) is 8.81. The van der Waals surface area contributed by atoms with Gasteiger partial charge in [-0.05, 0) is 42.1 Å². The van der Waals surface area contributed by atoms with Crippen molar-refractivity contribution in [1.82, 2.24) is 9.80 Å². The summed E-state index contributed by atoms with van der Waals surface area (Å²) in [5.74, 6) is -0.406. The third-order valence-electron chi connectivity index (χ3n) is 4.29. The van der Waals surface area contributed by atoms with Crippen LogP contribution in [0.15, 0.2) is 41.8 Å². The molecule has 0 radical (unpaired) electrons. The summed E-state index contributed by atoms with van der Waals surface area (Å²) in [7, 11) is 0. The summed E-state index contributed by atoms with van der Waals surface area (Å²) in [5.41, 5.74) is 1.33. The Hall–Kier alpha value is -2.67. The monoisotopic (exact) mass is 388 g/mol. The topological polar surface area (TPSA) is 49.9 Å². The maximum Gasteiger partial charge on any atom is 0.409 e. The van der Waals surface area contributed by atoms with Crippen molar-refractivity contribution in [2.45, 2.75) is 6.92 Å². The van der Waals surface area contributed by atoms with E-state index in [2.05, 4.69) is 0 Å². The first-order chi connectivity index (χ1) is 13.1. The summed E-state index contributed by atoms with van der Waals surface area (Å²) >= 11 is 1.48. The first-order valence-corrected chi connectivity index (χ1v) is 9.68. The Balaban J connectivity index is 1.77. The molecule has 0 bridgehead atoms. The fraction of sp³-hybridized carbons (Fsp3) is 0.300. The Bertz CT molecular complexity index is 810. The number of halogens is 1. The molecule has 1 saturated heterocycles. The highest BCUT2D eigenvalue weighted by atomic mass is 32.1. The van der Waals surface area contributed by atoms with Crippen molar-refractivity contribution in [1.29, 1.82) is 0 Å². The fourth-order valence-electron chi connectivity index (χ4n) is 2.87. The number of ether oxygens (including phenoxy) is 1. The van der Waals surface area contributed by atoms with E-state index in [9.17, 15) is 14.0 Å². The molecule has 0 unspecified atom stereocenters. The van der Waals surface area contributed by atoms with Crippen molar-refractivity contribution in [2.75, 3.05) is 32.8 Å². The van der Waals surface area contributed by atoms with Crippen LogP contribution in [-0.2, 0) is 9.53 Å². The molecular weight excluding hydrogens is 367 g/mol. The Morgan fingerprint density at radius 2 is 1.78 bits per heavy atom. The van der Waals surface area contributed by atoms with E-state index >= 15 is 0 Å². The van der Waals surface area contributed by atoms with Gasteiger partial charge in [0.25, 0.3) is 5.91 Å². The molecule has 27 heavy (non-hydrogen) atoms. The van der Waals surface area contributed by atoms with Gasteiger partial charge in [-0.1, -0.05) is 18.2 Å². The predicted molar refractivity (Wildman–Crippen MR) is 104 cm³/mol. The zero-order valence-electron chi connectivity index (χ0n) is 15.1. The third-order valence-corrected chi connectivity index (χ3v) is 5.19. The van der Waals surface area contributed by atoms with Gasteiger partial charge >= 0.3 is 6.09 Å². The van der Waals surface area contributed by atoms with E-state index in [1.54, 1.807) is 34.9 Å². The van der Waals surface area contributed by atoms with Gasteiger partial charge in [0.2, 0.25) is 0 Å². The molecular formula is C20H21FN2O3S. The molecule has 0 spiro atoms. The quantitative estimate of drug-likeness (QED) is 0.750. The summed E-state index contributed by atoms with van der Waals surface area (Å²) in [5, 5.41) is 1.92. The second-order valence-corrected chi connectivity index (χ2v) is 7.01. The van der Waals surface area contributed by atoms with Crippen LogP contribution in [0.5, 0.6) is 0 Å². The van der Waals surface area contributed by atoms with Crippen molar-refractivity contribution in [2.24, 2.45) is 0 Å². The summed E-state index contributed by atoms with van der Waals surface area (Å²) in [4.78, 5) is 29.2. The zero-order chi connectivity index (χ0) is 19.2. The zero-order valence-corrected chi connectivity index (χ0v) is 15.9. The molecule has 2 aromatic rings. The lowest BCUT2D eigenvalue weighted by atomic mass is 10.1. The van der Waals surface area contributed by atoms with Crippen LogP contribution in [-0.4, -0.2) is 54.6 Å². The molecule has 0 N–H and O–H groups in total. The first kappa shape index (κ1) is 19.1.